The highest BCUT2D eigenvalue weighted by molar-refractivity contribution is 7.89. The van der Waals surface area contributed by atoms with Crippen LogP contribution in [0.4, 0.5) is 5.82 Å². The summed E-state index contributed by atoms with van der Waals surface area (Å²) in [5, 5.41) is 7.97. The number of sulfonamides is 1. The number of Topliss-reactive ketones (excluding diaryl/α,β-unsaturated/α-hetero) is 1. The second-order valence-corrected chi connectivity index (χ2v) is 8.89. The number of rotatable bonds is 5. The Morgan fingerprint density at radius 1 is 1.00 bits per heavy atom. The van der Waals surface area contributed by atoms with E-state index in [0.717, 1.165) is 0 Å². The summed E-state index contributed by atoms with van der Waals surface area (Å²) in [6, 6.07) is 9.32. The lowest BCUT2D eigenvalue weighted by molar-refractivity contribution is 0.0690. The van der Waals surface area contributed by atoms with Gasteiger partial charge in [-0.3, -0.25) is 9.59 Å². The minimum Gasteiger partial charge on any atom is -0.361 e. The third kappa shape index (κ3) is 4.43. The molecule has 0 N–H and O–H groups in total. The molecule has 2 heterocycles. The van der Waals surface area contributed by atoms with Crippen molar-refractivity contribution in [1.82, 2.24) is 19.4 Å². The van der Waals surface area contributed by atoms with E-state index in [1.807, 2.05) is 14.1 Å². The van der Waals surface area contributed by atoms with Gasteiger partial charge < -0.3 is 9.80 Å². The summed E-state index contributed by atoms with van der Waals surface area (Å²) in [6.45, 7) is 2.23. The van der Waals surface area contributed by atoms with Gasteiger partial charge in [-0.05, 0) is 31.2 Å². The van der Waals surface area contributed by atoms with E-state index in [0.29, 0.717) is 11.4 Å². The van der Waals surface area contributed by atoms with Gasteiger partial charge in [0.15, 0.2) is 17.3 Å². The predicted molar refractivity (Wildman–Crippen MR) is 107 cm³/mol. The number of benzene rings is 1. The van der Waals surface area contributed by atoms with Gasteiger partial charge in [-0.15, -0.1) is 10.2 Å². The highest BCUT2D eigenvalue weighted by Crippen LogP contribution is 2.20. The van der Waals surface area contributed by atoms with Crippen molar-refractivity contribution in [3.8, 4) is 0 Å². The van der Waals surface area contributed by atoms with Gasteiger partial charge in [0, 0.05) is 45.8 Å². The van der Waals surface area contributed by atoms with Crippen LogP contribution in [0, 0.1) is 0 Å². The quantitative estimate of drug-likeness (QED) is 0.666. The monoisotopic (exact) mass is 417 g/mol. The van der Waals surface area contributed by atoms with Crippen LogP contribution in [0.2, 0.25) is 0 Å². The summed E-state index contributed by atoms with van der Waals surface area (Å²) < 4.78 is 27.1. The van der Waals surface area contributed by atoms with Gasteiger partial charge in [0.1, 0.15) is 0 Å². The molecular weight excluding hydrogens is 394 g/mol. The van der Waals surface area contributed by atoms with E-state index in [4.69, 9.17) is 0 Å². The van der Waals surface area contributed by atoms with Gasteiger partial charge in [-0.2, -0.15) is 4.31 Å². The van der Waals surface area contributed by atoms with Crippen molar-refractivity contribution in [2.75, 3.05) is 45.2 Å². The van der Waals surface area contributed by atoms with Crippen LogP contribution in [-0.2, 0) is 10.0 Å². The van der Waals surface area contributed by atoms with Crippen LogP contribution in [0.25, 0.3) is 0 Å². The molecule has 0 aliphatic carbocycles. The Morgan fingerprint density at radius 2 is 1.69 bits per heavy atom. The average molecular weight is 417 g/mol. The first-order chi connectivity index (χ1) is 13.7. The van der Waals surface area contributed by atoms with Gasteiger partial charge in [0.2, 0.25) is 10.0 Å². The number of carbonyl (C=O) groups excluding carboxylic acids is 2. The number of aromatic nitrogens is 2. The van der Waals surface area contributed by atoms with E-state index in [-0.39, 0.29) is 48.5 Å². The Bertz CT molecular complexity index is 1010. The molecule has 3 rings (SSSR count). The lowest BCUT2D eigenvalue weighted by atomic mass is 10.2. The highest BCUT2D eigenvalue weighted by Gasteiger charge is 2.31. The fourth-order valence-electron chi connectivity index (χ4n) is 3.00. The average Bonchev–Trinajstić information content (AvgIpc) is 2.73. The molecule has 0 unspecified atom stereocenters. The van der Waals surface area contributed by atoms with Crippen molar-refractivity contribution >= 4 is 27.5 Å². The van der Waals surface area contributed by atoms with Gasteiger partial charge in [0.05, 0.1) is 4.90 Å². The highest BCUT2D eigenvalue weighted by atomic mass is 32.2. The molecule has 1 aromatic heterocycles. The standard InChI is InChI=1S/C19H23N5O4S/c1-14(25)15-5-4-6-16(13-15)29(27,28)24-11-9-23(10-12-24)19(26)17-7-8-18(21-20-17)22(2)3/h4-8,13H,9-12H2,1-3H3. The van der Waals surface area contributed by atoms with E-state index in [9.17, 15) is 18.0 Å². The third-order valence-electron chi connectivity index (χ3n) is 4.73. The minimum atomic E-state index is -3.74. The van der Waals surface area contributed by atoms with Crippen LogP contribution in [0.5, 0.6) is 0 Å². The Hall–Kier alpha value is -2.85. The lowest BCUT2D eigenvalue weighted by Gasteiger charge is -2.33. The molecule has 1 saturated heterocycles. The zero-order valence-corrected chi connectivity index (χ0v) is 17.4. The molecule has 1 aliphatic rings. The van der Waals surface area contributed by atoms with Gasteiger partial charge in [-0.1, -0.05) is 12.1 Å². The van der Waals surface area contributed by atoms with Crippen LogP contribution in [0.15, 0.2) is 41.3 Å². The molecule has 1 amide bonds. The molecule has 0 bridgehead atoms. The number of ketones is 1. The van der Waals surface area contributed by atoms with Gasteiger partial charge >= 0.3 is 0 Å². The number of nitrogens with zero attached hydrogens (tertiary/aromatic N) is 5. The summed E-state index contributed by atoms with van der Waals surface area (Å²) in [7, 11) is -0.0761. The first kappa shape index (κ1) is 20.9. The molecule has 0 atom stereocenters. The first-order valence-electron chi connectivity index (χ1n) is 9.11. The van der Waals surface area contributed by atoms with Crippen LogP contribution in [-0.4, -0.2) is 79.8 Å². The number of amides is 1. The van der Waals surface area contributed by atoms with E-state index >= 15 is 0 Å². The normalized spacial score (nSPS) is 15.2. The molecule has 2 aromatic rings. The molecule has 29 heavy (non-hydrogen) atoms. The number of hydrogen-bond donors (Lipinski definition) is 0. The van der Waals surface area contributed by atoms with E-state index in [2.05, 4.69) is 10.2 Å². The molecule has 0 saturated carbocycles. The Morgan fingerprint density at radius 3 is 2.24 bits per heavy atom. The number of anilines is 1. The Kier molecular flexibility index (Phi) is 5.94. The summed E-state index contributed by atoms with van der Waals surface area (Å²) >= 11 is 0. The molecule has 1 aliphatic heterocycles. The maximum absolute atomic E-state index is 12.9. The summed E-state index contributed by atoms with van der Waals surface area (Å²) in [4.78, 5) is 27.6. The van der Waals surface area contributed by atoms with Crippen LogP contribution >= 0.6 is 0 Å². The summed E-state index contributed by atoms with van der Waals surface area (Å²) in [5.74, 6) is 0.169. The number of piperazine rings is 1. The van der Waals surface area contributed by atoms with Crippen molar-refractivity contribution in [3.05, 3.63) is 47.7 Å². The zero-order valence-electron chi connectivity index (χ0n) is 16.6. The second kappa shape index (κ2) is 8.26. The third-order valence-corrected chi connectivity index (χ3v) is 6.63. The van der Waals surface area contributed by atoms with E-state index < -0.39 is 10.0 Å². The lowest BCUT2D eigenvalue weighted by Crippen LogP contribution is -2.50. The van der Waals surface area contributed by atoms with E-state index in [1.54, 1.807) is 34.1 Å². The number of hydrogen-bond acceptors (Lipinski definition) is 7. The van der Waals surface area contributed by atoms with Gasteiger partial charge in [-0.25, -0.2) is 8.42 Å². The molecule has 10 heteroatoms. The fraction of sp³-hybridized carbons (Fsp3) is 0.368. The SMILES string of the molecule is CC(=O)c1cccc(S(=O)(=O)N2CCN(C(=O)c3ccc(N(C)C)nn3)CC2)c1. The van der Waals surface area contributed by atoms with Crippen molar-refractivity contribution in [2.45, 2.75) is 11.8 Å². The maximum Gasteiger partial charge on any atom is 0.274 e. The molecule has 9 nitrogen and oxygen atoms in total. The topological polar surface area (TPSA) is 104 Å². The van der Waals surface area contributed by atoms with Crippen LogP contribution < -0.4 is 4.90 Å². The van der Waals surface area contributed by atoms with Crippen molar-refractivity contribution < 1.29 is 18.0 Å². The second-order valence-electron chi connectivity index (χ2n) is 6.95. The smallest absolute Gasteiger partial charge is 0.274 e. The molecule has 154 valence electrons. The molecule has 1 aromatic carbocycles. The fourth-order valence-corrected chi connectivity index (χ4v) is 4.46. The first-order valence-corrected chi connectivity index (χ1v) is 10.6. The zero-order chi connectivity index (χ0) is 21.2. The number of carbonyl (C=O) groups is 2. The van der Waals surface area contributed by atoms with E-state index in [1.165, 1.54) is 23.4 Å². The Labute approximate surface area is 170 Å². The summed E-state index contributed by atoms with van der Waals surface area (Å²) in [6.07, 6.45) is 0. The van der Waals surface area contributed by atoms with Crippen molar-refractivity contribution in [2.24, 2.45) is 0 Å². The van der Waals surface area contributed by atoms with Crippen LogP contribution in [0.1, 0.15) is 27.8 Å². The van der Waals surface area contributed by atoms with Crippen molar-refractivity contribution in [1.29, 1.82) is 0 Å². The van der Waals surface area contributed by atoms with Crippen molar-refractivity contribution in [3.63, 3.8) is 0 Å². The Balaban J connectivity index is 1.68. The summed E-state index contributed by atoms with van der Waals surface area (Å²) in [5.41, 5.74) is 0.570. The largest absolute Gasteiger partial charge is 0.361 e. The molecule has 0 radical (unpaired) electrons. The molecule has 0 spiro atoms. The minimum absolute atomic E-state index is 0.0788. The van der Waals surface area contributed by atoms with Gasteiger partial charge in [0.25, 0.3) is 5.91 Å². The van der Waals surface area contributed by atoms with Crippen LogP contribution in [0.3, 0.4) is 0 Å². The molecule has 1 fully saturated rings. The maximum atomic E-state index is 12.9. The molecular formula is C19H23N5O4S. The predicted octanol–water partition coefficient (Wildman–Crippen LogP) is 0.892.